The van der Waals surface area contributed by atoms with Crippen molar-refractivity contribution in [2.75, 3.05) is 60.4 Å². The van der Waals surface area contributed by atoms with Crippen molar-refractivity contribution in [3.05, 3.63) is 262 Å². The second kappa shape index (κ2) is 31.1. The van der Waals surface area contributed by atoms with Crippen LogP contribution in [0.1, 0.15) is 141 Å². The van der Waals surface area contributed by atoms with Crippen LogP contribution in [-0.2, 0) is 69.2 Å². The number of benzene rings is 6. The number of aromatic amines is 3. The van der Waals surface area contributed by atoms with Crippen molar-refractivity contribution >= 4 is 41.6 Å². The molecule has 11 N–H and O–H groups in total. The van der Waals surface area contributed by atoms with Gasteiger partial charge in [-0.2, -0.15) is 0 Å². The minimum atomic E-state index is -1.12. The summed E-state index contributed by atoms with van der Waals surface area (Å²) in [5.41, 5.74) is 16.3. The summed E-state index contributed by atoms with van der Waals surface area (Å²) >= 11 is 0. The molecule has 0 unspecified atom stereocenters. The number of nitrogens with one attached hydrogen (secondary N) is 5. The SMILES string of the molecule is CN1CC[C@]23CC(=O)CC[C@@]2(O)[C@H]1Cc1ccc(C(=O)NCCc2ccc(-c4cc[nH]c(=O)c4)cc2)c(O)c13.CN1CC[C@]23c4c5ccc(C(=O)NCCc6ccc(-c7cc[nH]c(=O)c7)cc6)c4O[C@H]2C(=O)CC[C@@]3(O)[C@H]1C5.Cc1ccc2c3c1O[C@H]1C(=O)CC[C@@]4(O)[C@@H](C2)N(C)CC[C@]314.Cl.NCCc1ccc(-c2cc[nH]c(=O)c2)cc1. The van der Waals surface area contributed by atoms with E-state index in [0.29, 0.717) is 107 Å². The van der Waals surface area contributed by atoms with Gasteiger partial charge in [0.05, 0.1) is 38.8 Å². The maximum absolute atomic E-state index is 13.4. The van der Waals surface area contributed by atoms with E-state index in [1.807, 2.05) is 124 Å². The van der Waals surface area contributed by atoms with E-state index in [1.165, 1.54) is 11.1 Å². The highest BCUT2D eigenvalue weighted by atomic mass is 35.5. The van der Waals surface area contributed by atoms with Crippen LogP contribution < -0.4 is 42.5 Å². The average molecular weight is 1600 g/mol. The summed E-state index contributed by atoms with van der Waals surface area (Å²) < 4.78 is 12.6. The quantitative estimate of drug-likeness (QED) is 0.0518. The Morgan fingerprint density at radius 3 is 1.32 bits per heavy atom. The molecule has 24 heteroatoms. The van der Waals surface area contributed by atoms with Gasteiger partial charge in [0, 0.05) is 116 Å². The highest BCUT2D eigenvalue weighted by molar-refractivity contribution is 6.00. The maximum Gasteiger partial charge on any atom is 0.255 e. The number of aromatic nitrogens is 3. The number of phenols is 1. The Morgan fingerprint density at radius 1 is 0.470 bits per heavy atom. The Labute approximate surface area is 683 Å². The zero-order valence-corrected chi connectivity index (χ0v) is 67.0. The third-order valence-electron chi connectivity index (χ3n) is 28.0. The number of phenolic OH excluding ortho intramolecular Hbond substituents is 1. The first-order chi connectivity index (χ1) is 55.8. The number of Topliss-reactive ketones (excluding diaryl/α,β-unsaturated/α-hetero) is 3. The number of ketones is 3. The van der Waals surface area contributed by atoms with Gasteiger partial charge in [-0.25, -0.2) is 0 Å². The Balaban J connectivity index is 0.000000123. The lowest BCUT2D eigenvalue weighted by atomic mass is 9.49. The number of likely N-dealkylation sites (tertiary alicyclic amines) is 3. The number of halogens is 1. The van der Waals surface area contributed by atoms with E-state index in [4.69, 9.17) is 15.2 Å². The van der Waals surface area contributed by atoms with Gasteiger partial charge in [-0.1, -0.05) is 97.1 Å². The van der Waals surface area contributed by atoms with Crippen LogP contribution in [0.5, 0.6) is 17.2 Å². The number of aliphatic hydroxyl groups is 3. The van der Waals surface area contributed by atoms with E-state index in [9.17, 15) is 58.8 Å². The third-order valence-corrected chi connectivity index (χ3v) is 28.0. The normalized spacial score (nSPS) is 27.5. The first-order valence-electron chi connectivity index (χ1n) is 40.8. The van der Waals surface area contributed by atoms with Crippen LogP contribution in [0.4, 0.5) is 0 Å². The number of aryl methyl sites for hydroxylation is 1. The minimum absolute atomic E-state index is 0. The Bertz CT molecular complexity index is 5600. The van der Waals surface area contributed by atoms with Crippen LogP contribution in [-0.4, -0.2) is 187 Å². The molecule has 11 atom stereocenters. The van der Waals surface area contributed by atoms with Crippen molar-refractivity contribution in [1.82, 2.24) is 40.3 Å². The smallest absolute Gasteiger partial charge is 0.255 e. The molecule has 11 aliphatic rings. The number of carbonyl (C=O) groups excluding carboxylic acids is 5. The molecular formula is C93H100ClN9O14. The molecule has 117 heavy (non-hydrogen) atoms. The van der Waals surface area contributed by atoms with Gasteiger partial charge in [0.25, 0.3) is 11.8 Å². The number of likely N-dealkylation sites (N-methyl/N-ethyl adjacent to an activating group) is 3. The minimum Gasteiger partial charge on any atom is -0.507 e. The lowest BCUT2D eigenvalue weighted by Gasteiger charge is -2.62. The number of hydrogen-bond acceptors (Lipinski definition) is 18. The van der Waals surface area contributed by atoms with Crippen molar-refractivity contribution in [2.24, 2.45) is 5.73 Å². The predicted octanol–water partition coefficient (Wildman–Crippen LogP) is 8.38. The van der Waals surface area contributed by atoms with Crippen LogP contribution in [0.2, 0.25) is 0 Å². The summed E-state index contributed by atoms with van der Waals surface area (Å²) in [4.78, 5) is 114. The number of piperidine rings is 3. The summed E-state index contributed by atoms with van der Waals surface area (Å²) in [6.07, 6.45) is 12.5. The second-order valence-corrected chi connectivity index (χ2v) is 34.0. The Hall–Kier alpha value is -10.5. The van der Waals surface area contributed by atoms with Crippen molar-refractivity contribution < 1.29 is 53.9 Å². The van der Waals surface area contributed by atoms with Gasteiger partial charge in [0.15, 0.2) is 23.8 Å². The lowest BCUT2D eigenvalue weighted by Crippen LogP contribution is -2.76. The summed E-state index contributed by atoms with van der Waals surface area (Å²) in [6, 6.07) is 45.7. The van der Waals surface area contributed by atoms with Crippen molar-refractivity contribution in [3.8, 4) is 50.6 Å². The summed E-state index contributed by atoms with van der Waals surface area (Å²) in [7, 11) is 6.14. The number of H-pyrrole nitrogens is 3. The van der Waals surface area contributed by atoms with Crippen molar-refractivity contribution in [2.45, 2.75) is 173 Å². The number of nitrogens with zero attached hydrogens (tertiary/aromatic N) is 3. The van der Waals surface area contributed by atoms with E-state index in [0.717, 1.165) is 117 Å². The molecule has 2 spiro atoms. The number of ether oxygens (including phenoxy) is 2. The largest absolute Gasteiger partial charge is 0.507 e. The zero-order valence-electron chi connectivity index (χ0n) is 66.2. The van der Waals surface area contributed by atoms with Crippen molar-refractivity contribution in [1.29, 1.82) is 0 Å². The molecule has 6 aliphatic carbocycles. The number of fused-ring (bicyclic) bond motifs is 1. The Kier molecular flexibility index (Phi) is 21.4. The highest BCUT2D eigenvalue weighted by Crippen LogP contribution is 2.66. The molecular weight excluding hydrogens is 1500 g/mol. The molecule has 6 aromatic carbocycles. The van der Waals surface area contributed by atoms with Gasteiger partial charge in [-0.3, -0.25) is 38.4 Å². The molecule has 0 radical (unpaired) electrons. The van der Waals surface area contributed by atoms with Gasteiger partial charge in [0.2, 0.25) is 16.7 Å². The molecule has 608 valence electrons. The van der Waals surface area contributed by atoms with Crippen LogP contribution in [0.15, 0.2) is 179 Å². The van der Waals surface area contributed by atoms with Gasteiger partial charge in [-0.05, 0) is 234 Å². The van der Waals surface area contributed by atoms with Crippen LogP contribution in [0.3, 0.4) is 0 Å². The van der Waals surface area contributed by atoms with E-state index >= 15 is 0 Å². The molecule has 6 bridgehead atoms. The van der Waals surface area contributed by atoms with Crippen LogP contribution in [0.25, 0.3) is 33.4 Å². The molecule has 3 saturated carbocycles. The molecule has 2 amide bonds. The van der Waals surface area contributed by atoms with E-state index in [2.05, 4.69) is 59.5 Å². The first-order valence-corrected chi connectivity index (χ1v) is 40.8. The van der Waals surface area contributed by atoms with E-state index < -0.39 is 45.3 Å². The highest BCUT2D eigenvalue weighted by Gasteiger charge is 2.75. The van der Waals surface area contributed by atoms with E-state index in [1.54, 1.807) is 48.9 Å². The standard InChI is InChI=1S/C31H31N3O5.C31H33N3O5.C18H21NO3.C13H14N2O.ClH/c1-34-15-12-30-26-21-6-7-22(27(26)39-28(30)23(35)8-11-31(30,38)24(34)16-21)29(37)33-13-9-18-2-4-19(5-3-18)20-10-14-32-25(36)17-20;1-34-15-12-30-18-23(35)8-11-31(30,39)25(34)16-22-6-7-24(28(37)27(22)30)29(38)33-13-9-19-2-4-20(5-3-19)21-10-14-32-26(36)17-21;1-10-3-4-11-9-13-18(21)6-5-12(20)16-17(18,7-8-19(13)2)14(11)15(10)22-16;14-7-5-10-1-3-11(4-2-10)12-6-8-15-13(16)9-12;/h2-7,10,14,17,24,28,38H,8-9,11-13,15-16H2,1H3,(H,32,36)(H,33,37);2-7,10,14,17,25,37,39H,8-9,11-13,15-16,18H2,1H3,(H,32,36)(H,33,38);3-4,13,16,21H,5-9H2,1-2H3;1-4,6,8-9H,5,7,14H2,(H,15,16);1H/t24-,28+,30+,31-;25-,30-,31-;13-,16+,17+,18-;;/m111../s1. The number of pyridine rings is 3. The molecule has 9 aromatic rings. The fourth-order valence-corrected chi connectivity index (χ4v) is 22.2. The summed E-state index contributed by atoms with van der Waals surface area (Å²) in [6.45, 7) is 5.90. The maximum atomic E-state index is 13.4. The Morgan fingerprint density at radius 2 is 0.863 bits per heavy atom. The second-order valence-electron chi connectivity index (χ2n) is 34.0. The molecule has 5 aliphatic heterocycles. The number of aromatic hydroxyl groups is 1. The lowest BCUT2D eigenvalue weighted by molar-refractivity contribution is -0.185. The van der Waals surface area contributed by atoms with Crippen LogP contribution >= 0.6 is 12.4 Å². The molecule has 3 aromatic heterocycles. The third kappa shape index (κ3) is 13.3. The van der Waals surface area contributed by atoms with E-state index in [-0.39, 0.29) is 101 Å². The molecule has 20 rings (SSSR count). The molecule has 6 fully saturated rings. The topological polar surface area (TPSA) is 343 Å². The molecule has 3 saturated heterocycles. The fourth-order valence-electron chi connectivity index (χ4n) is 22.2. The van der Waals surface area contributed by atoms with Gasteiger partial charge in [-0.15, -0.1) is 12.4 Å². The van der Waals surface area contributed by atoms with Crippen molar-refractivity contribution in [3.63, 3.8) is 0 Å². The number of rotatable bonds is 13. The fraction of sp³-hybridized carbons (Fsp3) is 0.398. The molecule has 23 nitrogen and oxygen atoms in total. The van der Waals surface area contributed by atoms with Gasteiger partial charge >= 0.3 is 0 Å². The zero-order chi connectivity index (χ0) is 81.0. The number of amides is 2. The molecule has 8 heterocycles. The number of carbonyl (C=O) groups is 5. The summed E-state index contributed by atoms with van der Waals surface area (Å²) in [5.74, 6) is 0.895. The first kappa shape index (κ1) is 80.3. The number of nitrogens with two attached hydrogens (primary N) is 1. The summed E-state index contributed by atoms with van der Waals surface area (Å²) in [5, 5.41) is 53.2. The predicted molar refractivity (Wildman–Crippen MR) is 446 cm³/mol. The number of hydrogen-bond donors (Lipinski definition) is 10. The average Bonchev–Trinajstić information content (AvgIpc) is 1.57. The monoisotopic (exact) mass is 1600 g/mol. The van der Waals surface area contributed by atoms with Gasteiger partial charge in [0.1, 0.15) is 23.0 Å². The van der Waals surface area contributed by atoms with Crippen LogP contribution in [0, 0.1) is 6.92 Å². The van der Waals surface area contributed by atoms with Gasteiger partial charge < -0.3 is 75.9 Å².